The van der Waals surface area contributed by atoms with Crippen LogP contribution in [0.4, 0.5) is 0 Å². The Morgan fingerprint density at radius 1 is 0.952 bits per heavy atom. The van der Waals surface area contributed by atoms with Crippen molar-refractivity contribution >= 4 is 34.6 Å². The molecule has 0 unspecified atom stereocenters. The fraction of sp³-hybridized carbons (Fsp3) is 0.625. The molecule has 0 fully saturated rings. The number of nitrogens with zero attached hydrogens (tertiary/aromatic N) is 2. The van der Waals surface area contributed by atoms with Gasteiger partial charge in [0.1, 0.15) is 10.7 Å². The third-order valence-corrected chi connectivity index (χ3v) is 5.44. The van der Waals surface area contributed by atoms with Crippen LogP contribution in [0.3, 0.4) is 0 Å². The van der Waals surface area contributed by atoms with Crippen LogP contribution in [-0.4, -0.2) is 25.5 Å². The van der Waals surface area contributed by atoms with Crippen molar-refractivity contribution in [2.75, 3.05) is 0 Å². The minimum atomic E-state index is 0.504. The smallest absolute Gasteiger partial charge is 0.190 e. The second-order valence-corrected chi connectivity index (χ2v) is 9.27. The van der Waals surface area contributed by atoms with E-state index in [0.717, 1.165) is 22.3 Å². The molecule has 2 aromatic heterocycles. The number of hydrogen-bond acceptors (Lipinski definition) is 4. The lowest BCUT2D eigenvalue weighted by atomic mass is 9.96. The third-order valence-electron chi connectivity index (χ3n) is 3.58. The van der Waals surface area contributed by atoms with Gasteiger partial charge in [0.25, 0.3) is 0 Å². The Labute approximate surface area is 135 Å². The zero-order valence-electron chi connectivity index (χ0n) is 13.2. The second-order valence-electron chi connectivity index (χ2n) is 6.16. The Hall–Kier alpha value is -0.680. The van der Waals surface area contributed by atoms with E-state index >= 15 is 0 Å². The molecular formula is C16H23N3S2. The van der Waals surface area contributed by atoms with Crippen LogP contribution in [0.5, 0.6) is 0 Å². The topological polar surface area (TPSA) is 41.6 Å². The molecule has 0 aromatic carbocycles. The molecule has 0 saturated carbocycles. The van der Waals surface area contributed by atoms with Gasteiger partial charge < -0.3 is 4.98 Å². The average Bonchev–Trinajstić information content (AvgIpc) is 2.75. The maximum absolute atomic E-state index is 4.86. The monoisotopic (exact) mass is 321 g/mol. The molecule has 1 aliphatic rings. The Morgan fingerprint density at radius 2 is 1.67 bits per heavy atom. The van der Waals surface area contributed by atoms with Crippen molar-refractivity contribution in [3.8, 4) is 0 Å². The van der Waals surface area contributed by atoms with Crippen LogP contribution in [0.1, 0.15) is 51.8 Å². The Balaban J connectivity index is 2.14. The number of aryl methyl sites for hydroxylation is 2. The predicted molar refractivity (Wildman–Crippen MR) is 92.5 cm³/mol. The van der Waals surface area contributed by atoms with Crippen LogP contribution < -0.4 is 0 Å². The van der Waals surface area contributed by atoms with Crippen molar-refractivity contribution in [1.29, 1.82) is 0 Å². The molecule has 0 amide bonds. The molecule has 3 rings (SSSR count). The first-order chi connectivity index (χ1) is 10.0. The van der Waals surface area contributed by atoms with E-state index in [9.17, 15) is 0 Å². The molecule has 0 aliphatic heterocycles. The molecular weight excluding hydrogens is 298 g/mol. The molecule has 0 spiro atoms. The van der Waals surface area contributed by atoms with Crippen LogP contribution in [-0.2, 0) is 12.8 Å². The highest BCUT2D eigenvalue weighted by Gasteiger charge is 2.21. The number of H-pyrrole nitrogens is 1. The number of thioether (sulfide) groups is 2. The lowest BCUT2D eigenvalue weighted by molar-refractivity contribution is 0.679. The van der Waals surface area contributed by atoms with Crippen LogP contribution >= 0.6 is 23.5 Å². The zero-order valence-corrected chi connectivity index (χ0v) is 14.8. The summed E-state index contributed by atoms with van der Waals surface area (Å²) in [5.41, 5.74) is 3.91. The van der Waals surface area contributed by atoms with Gasteiger partial charge in [-0.3, -0.25) is 0 Å². The molecule has 114 valence electrons. The number of nitrogens with one attached hydrogen (secondary N) is 1. The number of fused-ring (bicyclic) bond motifs is 3. The first kappa shape index (κ1) is 15.2. The summed E-state index contributed by atoms with van der Waals surface area (Å²) < 4.78 is 0. The van der Waals surface area contributed by atoms with Gasteiger partial charge in [-0.2, -0.15) is 0 Å². The van der Waals surface area contributed by atoms with E-state index in [2.05, 4.69) is 32.7 Å². The van der Waals surface area contributed by atoms with Crippen molar-refractivity contribution in [1.82, 2.24) is 15.0 Å². The summed E-state index contributed by atoms with van der Waals surface area (Å²) >= 11 is 3.61. The summed E-state index contributed by atoms with van der Waals surface area (Å²) in [7, 11) is 0. The van der Waals surface area contributed by atoms with Gasteiger partial charge >= 0.3 is 0 Å². The highest BCUT2D eigenvalue weighted by molar-refractivity contribution is 8.00. The third kappa shape index (κ3) is 3.24. The van der Waals surface area contributed by atoms with Crippen LogP contribution in [0.2, 0.25) is 0 Å². The standard InChI is InChI=1S/C16H23N3S2/c1-9(2)20-15-13-11-7-5-6-8-12(11)17-14(13)18-16(19-15)21-10(3)4/h9-10H,5-8H2,1-4H3,(H,17,18,19). The molecule has 1 aliphatic carbocycles. The molecule has 3 nitrogen and oxygen atoms in total. The zero-order chi connectivity index (χ0) is 15.0. The first-order valence-corrected chi connectivity index (χ1v) is 9.55. The quantitative estimate of drug-likeness (QED) is 0.497. The highest BCUT2D eigenvalue weighted by atomic mass is 32.2. The fourth-order valence-corrected chi connectivity index (χ4v) is 4.51. The Morgan fingerprint density at radius 3 is 2.38 bits per heavy atom. The second kappa shape index (κ2) is 6.21. The SMILES string of the molecule is CC(C)Sc1nc(SC(C)C)c2c3c([nH]c2n1)CCCC3. The maximum atomic E-state index is 4.86. The lowest BCUT2D eigenvalue weighted by Gasteiger charge is -2.13. The summed E-state index contributed by atoms with van der Waals surface area (Å²) in [5, 5.41) is 4.39. The molecule has 0 radical (unpaired) electrons. The van der Waals surface area contributed by atoms with Gasteiger partial charge in [-0.25, -0.2) is 9.97 Å². The van der Waals surface area contributed by atoms with Crippen molar-refractivity contribution in [2.45, 2.75) is 74.1 Å². The Kier molecular flexibility index (Phi) is 4.50. The van der Waals surface area contributed by atoms with E-state index in [1.165, 1.54) is 35.9 Å². The van der Waals surface area contributed by atoms with Crippen LogP contribution in [0, 0.1) is 0 Å². The summed E-state index contributed by atoms with van der Waals surface area (Å²) in [5.74, 6) is 0. The van der Waals surface area contributed by atoms with Crippen molar-refractivity contribution in [2.24, 2.45) is 0 Å². The fourth-order valence-electron chi connectivity index (χ4n) is 2.82. The van der Waals surface area contributed by atoms with E-state index < -0.39 is 0 Å². The summed E-state index contributed by atoms with van der Waals surface area (Å²) in [6.07, 6.45) is 4.90. The number of hydrogen-bond donors (Lipinski definition) is 1. The summed E-state index contributed by atoms with van der Waals surface area (Å²) in [6.45, 7) is 8.83. The van der Waals surface area contributed by atoms with Gasteiger partial charge in [-0.05, 0) is 31.2 Å². The Bertz CT molecular complexity index is 646. The molecule has 5 heteroatoms. The van der Waals surface area contributed by atoms with Gasteiger partial charge in [-0.15, -0.1) is 11.8 Å². The van der Waals surface area contributed by atoms with Gasteiger partial charge in [0.2, 0.25) is 0 Å². The van der Waals surface area contributed by atoms with E-state index in [0.29, 0.717) is 10.5 Å². The molecule has 2 heterocycles. The molecule has 21 heavy (non-hydrogen) atoms. The number of aromatic amines is 1. The normalized spacial score (nSPS) is 15.1. The molecule has 2 aromatic rings. The molecule has 0 atom stereocenters. The van der Waals surface area contributed by atoms with Gasteiger partial charge in [0.15, 0.2) is 5.16 Å². The van der Waals surface area contributed by atoms with Crippen LogP contribution in [0.25, 0.3) is 11.0 Å². The number of rotatable bonds is 4. The minimum absolute atomic E-state index is 0.504. The van der Waals surface area contributed by atoms with E-state index in [1.807, 2.05) is 11.8 Å². The van der Waals surface area contributed by atoms with Gasteiger partial charge in [-0.1, -0.05) is 39.5 Å². The predicted octanol–water partition coefficient (Wildman–Crippen LogP) is 4.84. The number of aromatic nitrogens is 3. The van der Waals surface area contributed by atoms with Gasteiger partial charge in [0, 0.05) is 16.2 Å². The van der Waals surface area contributed by atoms with Crippen LogP contribution in [0.15, 0.2) is 10.2 Å². The largest absolute Gasteiger partial charge is 0.343 e. The minimum Gasteiger partial charge on any atom is -0.343 e. The van der Waals surface area contributed by atoms with Gasteiger partial charge in [0.05, 0.1) is 5.39 Å². The molecule has 0 saturated heterocycles. The lowest BCUT2D eigenvalue weighted by Crippen LogP contribution is -2.01. The maximum Gasteiger partial charge on any atom is 0.190 e. The van der Waals surface area contributed by atoms with Crippen molar-refractivity contribution < 1.29 is 0 Å². The van der Waals surface area contributed by atoms with Crippen molar-refractivity contribution in [3.05, 3.63) is 11.3 Å². The highest BCUT2D eigenvalue weighted by Crippen LogP contribution is 2.37. The average molecular weight is 322 g/mol. The molecule has 0 bridgehead atoms. The van der Waals surface area contributed by atoms with Crippen molar-refractivity contribution in [3.63, 3.8) is 0 Å². The summed E-state index contributed by atoms with van der Waals surface area (Å²) in [4.78, 5) is 13.2. The molecule has 1 N–H and O–H groups in total. The van der Waals surface area contributed by atoms with E-state index in [-0.39, 0.29) is 0 Å². The first-order valence-electron chi connectivity index (χ1n) is 7.79. The summed E-state index contributed by atoms with van der Waals surface area (Å²) in [6, 6.07) is 0. The van der Waals surface area contributed by atoms with E-state index in [4.69, 9.17) is 9.97 Å². The van der Waals surface area contributed by atoms with E-state index in [1.54, 1.807) is 11.8 Å².